The van der Waals surface area contributed by atoms with Crippen LogP contribution in [0.25, 0.3) is 0 Å². The third-order valence-corrected chi connectivity index (χ3v) is 2.48. The van der Waals surface area contributed by atoms with Gasteiger partial charge in [0, 0.05) is 18.9 Å². The molecule has 1 aromatic rings. The summed E-state index contributed by atoms with van der Waals surface area (Å²) in [4.78, 5) is 11.7. The predicted octanol–water partition coefficient (Wildman–Crippen LogP) is 2.22. The summed E-state index contributed by atoms with van der Waals surface area (Å²) in [6, 6.07) is 6.78. The van der Waals surface area contributed by atoms with Gasteiger partial charge in [-0.15, -0.1) is 0 Å². The van der Waals surface area contributed by atoms with Crippen LogP contribution in [0.3, 0.4) is 0 Å². The number of ether oxygens (including phenoxy) is 3. The van der Waals surface area contributed by atoms with E-state index in [-0.39, 0.29) is 6.03 Å². The lowest BCUT2D eigenvalue weighted by Crippen LogP contribution is -2.37. The molecule has 6 nitrogen and oxygen atoms in total. The molecule has 1 aromatic carbocycles. The zero-order valence-electron chi connectivity index (χ0n) is 12.1. The molecule has 112 valence electrons. The second-order valence-electron chi connectivity index (χ2n) is 3.90. The van der Waals surface area contributed by atoms with Crippen LogP contribution in [-0.4, -0.2) is 39.2 Å². The Bertz CT molecular complexity index is 389. The molecule has 0 aliphatic carbocycles. The quantitative estimate of drug-likeness (QED) is 0.717. The fraction of sp³-hybridized carbons (Fsp3) is 0.500. The molecule has 20 heavy (non-hydrogen) atoms. The van der Waals surface area contributed by atoms with Crippen LogP contribution in [0.4, 0.5) is 10.5 Å². The predicted molar refractivity (Wildman–Crippen MR) is 77.1 cm³/mol. The van der Waals surface area contributed by atoms with Crippen molar-refractivity contribution in [1.82, 2.24) is 5.32 Å². The fourth-order valence-corrected chi connectivity index (χ4v) is 1.56. The summed E-state index contributed by atoms with van der Waals surface area (Å²) in [6.45, 7) is 5.12. The smallest absolute Gasteiger partial charge is 0.319 e. The van der Waals surface area contributed by atoms with E-state index in [2.05, 4.69) is 10.6 Å². The molecule has 0 radical (unpaired) electrons. The molecule has 0 unspecified atom stereocenters. The number of hydrogen-bond acceptors (Lipinski definition) is 4. The minimum Gasteiger partial charge on any atom is -0.497 e. The van der Waals surface area contributed by atoms with Crippen LogP contribution < -0.4 is 15.4 Å². The number of carbonyl (C=O) groups excluding carboxylic acids is 1. The number of amides is 2. The van der Waals surface area contributed by atoms with Crippen molar-refractivity contribution in [2.24, 2.45) is 0 Å². The minimum absolute atomic E-state index is 0.295. The summed E-state index contributed by atoms with van der Waals surface area (Å²) in [5.41, 5.74) is 0.688. The Kier molecular flexibility index (Phi) is 7.46. The minimum atomic E-state index is -0.424. The van der Waals surface area contributed by atoms with Crippen LogP contribution >= 0.6 is 0 Å². The lowest BCUT2D eigenvalue weighted by atomic mass is 10.3. The average Bonchev–Trinajstić information content (AvgIpc) is 2.46. The molecular formula is C14H22N2O4. The van der Waals surface area contributed by atoms with Gasteiger partial charge in [-0.05, 0) is 38.1 Å². The van der Waals surface area contributed by atoms with Gasteiger partial charge in [-0.1, -0.05) is 0 Å². The van der Waals surface area contributed by atoms with Crippen LogP contribution in [-0.2, 0) is 9.47 Å². The molecule has 0 aliphatic heterocycles. The van der Waals surface area contributed by atoms with Gasteiger partial charge in [0.1, 0.15) is 5.75 Å². The number of benzene rings is 1. The van der Waals surface area contributed by atoms with Crippen LogP contribution in [0.1, 0.15) is 13.8 Å². The standard InChI is InChI=1S/C14H22N2O4/c1-4-19-13(20-5-2)10-15-14(17)16-11-6-8-12(18-3)9-7-11/h6-9,13H,4-5,10H2,1-3H3,(H2,15,16,17). The first kappa shape index (κ1) is 16.3. The Morgan fingerprint density at radius 2 is 1.75 bits per heavy atom. The van der Waals surface area contributed by atoms with E-state index in [0.717, 1.165) is 5.75 Å². The van der Waals surface area contributed by atoms with Crippen molar-refractivity contribution in [2.75, 3.05) is 32.2 Å². The van der Waals surface area contributed by atoms with Crippen LogP contribution in [0.2, 0.25) is 0 Å². The summed E-state index contributed by atoms with van der Waals surface area (Å²) >= 11 is 0. The molecule has 0 bridgehead atoms. The topological polar surface area (TPSA) is 68.8 Å². The van der Waals surface area contributed by atoms with Gasteiger partial charge in [-0.2, -0.15) is 0 Å². The molecule has 1 rings (SSSR count). The van der Waals surface area contributed by atoms with Crippen molar-refractivity contribution in [3.8, 4) is 5.75 Å². The van der Waals surface area contributed by atoms with Gasteiger partial charge in [0.05, 0.1) is 13.7 Å². The van der Waals surface area contributed by atoms with Crippen LogP contribution in [0, 0.1) is 0 Å². The Balaban J connectivity index is 2.38. The maximum absolute atomic E-state index is 11.7. The average molecular weight is 282 g/mol. The summed E-state index contributed by atoms with van der Waals surface area (Å²) in [7, 11) is 1.59. The molecule has 0 spiro atoms. The van der Waals surface area contributed by atoms with Gasteiger partial charge in [-0.25, -0.2) is 4.79 Å². The molecule has 6 heteroatoms. The van der Waals surface area contributed by atoms with Crippen molar-refractivity contribution in [3.63, 3.8) is 0 Å². The van der Waals surface area contributed by atoms with Crippen molar-refractivity contribution >= 4 is 11.7 Å². The van der Waals surface area contributed by atoms with Gasteiger partial charge >= 0.3 is 6.03 Å². The van der Waals surface area contributed by atoms with Crippen molar-refractivity contribution in [3.05, 3.63) is 24.3 Å². The van der Waals surface area contributed by atoms with E-state index in [1.807, 2.05) is 13.8 Å². The summed E-state index contributed by atoms with van der Waals surface area (Å²) < 4.78 is 15.7. The van der Waals surface area contributed by atoms with Crippen molar-refractivity contribution in [1.29, 1.82) is 0 Å². The van der Waals surface area contributed by atoms with E-state index in [0.29, 0.717) is 25.4 Å². The van der Waals surface area contributed by atoms with Gasteiger partial charge in [0.15, 0.2) is 6.29 Å². The highest BCUT2D eigenvalue weighted by Crippen LogP contribution is 2.14. The van der Waals surface area contributed by atoms with E-state index in [1.165, 1.54) is 0 Å². The van der Waals surface area contributed by atoms with E-state index in [9.17, 15) is 4.79 Å². The maximum atomic E-state index is 11.7. The van der Waals surface area contributed by atoms with Crippen LogP contribution in [0.5, 0.6) is 5.75 Å². The highest BCUT2D eigenvalue weighted by atomic mass is 16.7. The molecule has 0 atom stereocenters. The monoisotopic (exact) mass is 282 g/mol. The van der Waals surface area contributed by atoms with E-state index in [4.69, 9.17) is 14.2 Å². The molecule has 0 aliphatic rings. The van der Waals surface area contributed by atoms with Crippen molar-refractivity contribution in [2.45, 2.75) is 20.1 Å². The first-order chi connectivity index (χ1) is 9.69. The lowest BCUT2D eigenvalue weighted by molar-refractivity contribution is -0.131. The third-order valence-electron chi connectivity index (χ3n) is 2.48. The molecular weight excluding hydrogens is 260 g/mol. The van der Waals surface area contributed by atoms with E-state index in [1.54, 1.807) is 31.4 Å². The van der Waals surface area contributed by atoms with Gasteiger partial charge in [0.25, 0.3) is 0 Å². The van der Waals surface area contributed by atoms with Crippen molar-refractivity contribution < 1.29 is 19.0 Å². The second-order valence-corrected chi connectivity index (χ2v) is 3.90. The molecule has 0 saturated carbocycles. The zero-order valence-corrected chi connectivity index (χ0v) is 12.1. The Labute approximate surface area is 119 Å². The normalized spacial score (nSPS) is 10.4. The summed E-state index contributed by atoms with van der Waals surface area (Å²) in [5.74, 6) is 0.740. The first-order valence-electron chi connectivity index (χ1n) is 6.61. The molecule has 0 fully saturated rings. The molecule has 0 aromatic heterocycles. The number of rotatable bonds is 8. The molecule has 0 heterocycles. The highest BCUT2D eigenvalue weighted by molar-refractivity contribution is 5.89. The van der Waals surface area contributed by atoms with Gasteiger partial charge < -0.3 is 24.8 Å². The number of hydrogen-bond donors (Lipinski definition) is 2. The fourth-order valence-electron chi connectivity index (χ4n) is 1.56. The molecule has 0 saturated heterocycles. The molecule has 2 amide bonds. The first-order valence-corrected chi connectivity index (χ1v) is 6.61. The summed E-state index contributed by atoms with van der Waals surface area (Å²) in [5, 5.41) is 5.41. The lowest BCUT2D eigenvalue weighted by Gasteiger charge is -2.17. The van der Waals surface area contributed by atoms with Gasteiger partial charge in [-0.3, -0.25) is 0 Å². The maximum Gasteiger partial charge on any atom is 0.319 e. The number of nitrogens with one attached hydrogen (secondary N) is 2. The summed E-state index contributed by atoms with van der Waals surface area (Å²) in [6.07, 6.45) is -0.424. The largest absolute Gasteiger partial charge is 0.497 e. The third kappa shape index (κ3) is 5.90. The number of methoxy groups -OCH3 is 1. The Morgan fingerprint density at radius 1 is 1.15 bits per heavy atom. The van der Waals surface area contributed by atoms with E-state index < -0.39 is 6.29 Å². The molecule has 2 N–H and O–H groups in total. The van der Waals surface area contributed by atoms with Gasteiger partial charge in [0.2, 0.25) is 0 Å². The number of urea groups is 1. The van der Waals surface area contributed by atoms with Crippen LogP contribution in [0.15, 0.2) is 24.3 Å². The zero-order chi connectivity index (χ0) is 14.8. The number of carbonyl (C=O) groups is 1. The second kappa shape index (κ2) is 9.17. The Morgan fingerprint density at radius 3 is 2.25 bits per heavy atom. The SMILES string of the molecule is CCOC(CNC(=O)Nc1ccc(OC)cc1)OCC. The highest BCUT2D eigenvalue weighted by Gasteiger charge is 2.09. The Hall–Kier alpha value is -1.79. The van der Waals surface area contributed by atoms with E-state index >= 15 is 0 Å². The number of anilines is 1.